The van der Waals surface area contributed by atoms with Crippen molar-refractivity contribution in [1.29, 1.82) is 5.26 Å². The van der Waals surface area contributed by atoms with Crippen LogP contribution in [0.5, 0.6) is 0 Å². The van der Waals surface area contributed by atoms with E-state index in [2.05, 4.69) is 11.2 Å². The lowest BCUT2D eigenvalue weighted by atomic mass is 10.1. The lowest BCUT2D eigenvalue weighted by Crippen LogP contribution is -2.19. The third kappa shape index (κ3) is 4.70. The molecule has 1 rings (SSSR count). The van der Waals surface area contributed by atoms with Gasteiger partial charge < -0.3 is 0 Å². The summed E-state index contributed by atoms with van der Waals surface area (Å²) in [4.78, 5) is 0.0832. The van der Waals surface area contributed by atoms with Gasteiger partial charge in [0.15, 0.2) is 0 Å². The lowest BCUT2D eigenvalue weighted by molar-refractivity contribution is -0.0328. The Hall–Kier alpha value is -1.63. The molecule has 0 radical (unpaired) electrons. The average molecular weight is 270 g/mol. The van der Waals surface area contributed by atoms with Gasteiger partial charge in [-0.3, -0.25) is 5.32 Å². The minimum absolute atomic E-state index is 0.0832. The van der Waals surface area contributed by atoms with Crippen LogP contribution in [0.3, 0.4) is 0 Å². The normalized spacial score (nSPS) is 12.5. The van der Waals surface area contributed by atoms with Crippen LogP contribution in [0.2, 0.25) is 0 Å². The molecule has 6 heteroatoms. The van der Waals surface area contributed by atoms with Gasteiger partial charge in [0.25, 0.3) is 0 Å². The van der Waals surface area contributed by atoms with E-state index in [1.165, 1.54) is 24.3 Å². The number of hydrogen-bond acceptors (Lipinski definition) is 3. The first kappa shape index (κ1) is 14.4. The van der Waals surface area contributed by atoms with Crippen molar-refractivity contribution in [1.82, 2.24) is 5.32 Å². The largest absolute Gasteiger partial charge is 0.446 e. The first-order chi connectivity index (χ1) is 8.46. The molecule has 0 aliphatic rings. The van der Waals surface area contributed by atoms with Crippen molar-refractivity contribution in [2.75, 3.05) is 6.54 Å². The predicted molar refractivity (Wildman–Crippen MR) is 63.5 cm³/mol. The Bertz CT molecular complexity index is 468. The molecule has 1 atom stereocenters. The Labute approximate surface area is 107 Å². The van der Waals surface area contributed by atoms with Crippen molar-refractivity contribution in [3.8, 4) is 18.4 Å². The standard InChI is InChI=1S/C12H9F3N2S/c1-2-7-17-11(8-16)9-3-5-10(6-4-9)18-12(13,14)15/h1,3-6,11,17H,7H2. The highest BCUT2D eigenvalue weighted by molar-refractivity contribution is 8.00. The van der Waals surface area contributed by atoms with Gasteiger partial charge >= 0.3 is 5.51 Å². The van der Waals surface area contributed by atoms with Gasteiger partial charge in [-0.25, -0.2) is 0 Å². The van der Waals surface area contributed by atoms with Crippen LogP contribution in [0, 0.1) is 23.7 Å². The topological polar surface area (TPSA) is 35.8 Å². The fourth-order valence-electron chi connectivity index (χ4n) is 1.26. The molecule has 1 unspecified atom stereocenters. The van der Waals surface area contributed by atoms with E-state index < -0.39 is 11.6 Å². The zero-order valence-electron chi connectivity index (χ0n) is 9.16. The predicted octanol–water partition coefficient (Wildman–Crippen LogP) is 3.09. The van der Waals surface area contributed by atoms with Gasteiger partial charge in [0.1, 0.15) is 6.04 Å². The Balaban J connectivity index is 2.76. The fraction of sp³-hybridized carbons (Fsp3) is 0.250. The van der Waals surface area contributed by atoms with Gasteiger partial charge in [0.2, 0.25) is 0 Å². The van der Waals surface area contributed by atoms with Crippen molar-refractivity contribution in [3.63, 3.8) is 0 Å². The van der Waals surface area contributed by atoms with Gasteiger partial charge in [0, 0.05) is 4.90 Å². The van der Waals surface area contributed by atoms with Gasteiger partial charge in [0.05, 0.1) is 12.6 Å². The molecule has 0 bridgehead atoms. The maximum Gasteiger partial charge on any atom is 0.446 e. The number of halogens is 3. The molecular formula is C12H9F3N2S. The molecule has 0 saturated carbocycles. The smallest absolute Gasteiger partial charge is 0.287 e. The zero-order chi connectivity index (χ0) is 13.6. The molecule has 1 aromatic carbocycles. The second-order valence-corrected chi connectivity index (χ2v) is 4.40. The number of terminal acetylenes is 1. The summed E-state index contributed by atoms with van der Waals surface area (Å²) in [6.07, 6.45) is 5.05. The van der Waals surface area contributed by atoms with Crippen molar-refractivity contribution >= 4 is 11.8 Å². The molecule has 0 amide bonds. The summed E-state index contributed by atoms with van der Waals surface area (Å²) in [6.45, 7) is 0.220. The highest BCUT2D eigenvalue weighted by Crippen LogP contribution is 2.36. The second kappa shape index (κ2) is 6.34. The number of nitriles is 1. The van der Waals surface area contributed by atoms with Gasteiger partial charge in [-0.15, -0.1) is 6.42 Å². The van der Waals surface area contributed by atoms with E-state index in [4.69, 9.17) is 11.7 Å². The van der Waals surface area contributed by atoms with E-state index in [9.17, 15) is 13.2 Å². The van der Waals surface area contributed by atoms with E-state index in [1.54, 1.807) is 0 Å². The van der Waals surface area contributed by atoms with Crippen molar-refractivity contribution in [2.45, 2.75) is 16.4 Å². The molecule has 0 spiro atoms. The van der Waals surface area contributed by atoms with Gasteiger partial charge in [-0.05, 0) is 29.5 Å². The highest BCUT2D eigenvalue weighted by atomic mass is 32.2. The van der Waals surface area contributed by atoms with Crippen LogP contribution in [0.1, 0.15) is 11.6 Å². The molecule has 0 saturated heterocycles. The molecule has 1 aromatic rings. The minimum Gasteiger partial charge on any atom is -0.287 e. The lowest BCUT2D eigenvalue weighted by Gasteiger charge is -2.11. The summed E-state index contributed by atoms with van der Waals surface area (Å²) in [5, 5.41) is 11.7. The van der Waals surface area contributed by atoms with Crippen LogP contribution in [0.25, 0.3) is 0 Å². The van der Waals surface area contributed by atoms with E-state index >= 15 is 0 Å². The van der Waals surface area contributed by atoms with Crippen LogP contribution in [0.15, 0.2) is 29.2 Å². The number of alkyl halides is 3. The second-order valence-electron chi connectivity index (χ2n) is 3.26. The molecule has 0 aliphatic heterocycles. The molecule has 0 heterocycles. The number of benzene rings is 1. The molecular weight excluding hydrogens is 261 g/mol. The first-order valence-corrected chi connectivity index (χ1v) is 5.70. The van der Waals surface area contributed by atoms with Gasteiger partial charge in [-0.2, -0.15) is 18.4 Å². The van der Waals surface area contributed by atoms with E-state index in [1.807, 2.05) is 6.07 Å². The van der Waals surface area contributed by atoms with Crippen LogP contribution in [-0.4, -0.2) is 12.1 Å². The molecule has 18 heavy (non-hydrogen) atoms. The van der Waals surface area contributed by atoms with Crippen LogP contribution in [-0.2, 0) is 0 Å². The van der Waals surface area contributed by atoms with Crippen molar-refractivity contribution < 1.29 is 13.2 Å². The third-order valence-corrected chi connectivity index (χ3v) is 2.72. The molecule has 94 valence electrons. The maximum atomic E-state index is 12.1. The Morgan fingerprint density at radius 1 is 1.33 bits per heavy atom. The summed E-state index contributed by atoms with van der Waals surface area (Å²) < 4.78 is 36.3. The molecule has 0 aliphatic carbocycles. The zero-order valence-corrected chi connectivity index (χ0v) is 9.98. The molecule has 1 N–H and O–H groups in total. The van der Waals surface area contributed by atoms with Crippen molar-refractivity contribution in [3.05, 3.63) is 29.8 Å². The summed E-state index contributed by atoms with van der Waals surface area (Å²) >= 11 is -0.189. The SMILES string of the molecule is C#CCNC(C#N)c1ccc(SC(F)(F)F)cc1. The molecule has 2 nitrogen and oxygen atoms in total. The molecule has 0 aromatic heterocycles. The Morgan fingerprint density at radius 3 is 2.39 bits per heavy atom. The van der Waals surface area contributed by atoms with Crippen LogP contribution in [0.4, 0.5) is 13.2 Å². The quantitative estimate of drug-likeness (QED) is 0.674. The van der Waals surface area contributed by atoms with Crippen LogP contribution >= 0.6 is 11.8 Å². The maximum absolute atomic E-state index is 12.1. The number of hydrogen-bond donors (Lipinski definition) is 1. The van der Waals surface area contributed by atoms with Crippen molar-refractivity contribution in [2.24, 2.45) is 0 Å². The Morgan fingerprint density at radius 2 is 1.94 bits per heavy atom. The van der Waals surface area contributed by atoms with Crippen LogP contribution < -0.4 is 5.32 Å². The number of rotatable bonds is 4. The number of nitrogens with one attached hydrogen (secondary N) is 1. The summed E-state index contributed by atoms with van der Waals surface area (Å²) in [5.74, 6) is 2.33. The first-order valence-electron chi connectivity index (χ1n) is 4.88. The van der Waals surface area contributed by atoms with E-state index in [0.717, 1.165) is 0 Å². The van der Waals surface area contributed by atoms with E-state index in [-0.39, 0.29) is 23.2 Å². The fourth-order valence-corrected chi connectivity index (χ4v) is 1.80. The highest BCUT2D eigenvalue weighted by Gasteiger charge is 2.29. The van der Waals surface area contributed by atoms with E-state index in [0.29, 0.717) is 5.56 Å². The minimum atomic E-state index is -4.31. The third-order valence-electron chi connectivity index (χ3n) is 1.98. The summed E-state index contributed by atoms with van der Waals surface area (Å²) in [7, 11) is 0. The summed E-state index contributed by atoms with van der Waals surface area (Å²) in [6, 6.07) is 6.98. The van der Waals surface area contributed by atoms with Gasteiger partial charge in [-0.1, -0.05) is 18.1 Å². The number of nitrogens with zero attached hydrogens (tertiary/aromatic N) is 1. The monoisotopic (exact) mass is 270 g/mol. The Kier molecular flexibility index (Phi) is 5.08. The number of thioether (sulfide) groups is 1. The summed E-state index contributed by atoms with van der Waals surface area (Å²) in [5.41, 5.74) is -3.73. The molecule has 0 fully saturated rings. The average Bonchev–Trinajstić information content (AvgIpc) is 2.30.